The Labute approximate surface area is 116 Å². The Bertz CT molecular complexity index is 560. The summed E-state index contributed by atoms with van der Waals surface area (Å²) < 4.78 is 0. The van der Waals surface area contributed by atoms with Gasteiger partial charge in [-0.25, -0.2) is 0 Å². The van der Waals surface area contributed by atoms with Crippen molar-refractivity contribution in [1.29, 1.82) is 0 Å². The van der Waals surface area contributed by atoms with Gasteiger partial charge in [0.2, 0.25) is 0 Å². The van der Waals surface area contributed by atoms with Gasteiger partial charge in [-0.1, -0.05) is 73.4 Å². The Morgan fingerprint density at radius 1 is 0.737 bits per heavy atom. The highest BCUT2D eigenvalue weighted by atomic mass is 28.3. The first-order chi connectivity index (χ1) is 8.95. The van der Waals surface area contributed by atoms with Crippen LogP contribution in [-0.4, -0.2) is 8.07 Å². The van der Waals surface area contributed by atoms with E-state index in [0.717, 1.165) is 5.69 Å². The van der Waals surface area contributed by atoms with Gasteiger partial charge in [0.1, 0.15) is 0 Å². The maximum absolute atomic E-state index is 5.67. The molecule has 0 atom stereocenters. The van der Waals surface area contributed by atoms with E-state index >= 15 is 0 Å². The van der Waals surface area contributed by atoms with Crippen LogP contribution < -0.4 is 10.9 Å². The van der Waals surface area contributed by atoms with Crippen molar-refractivity contribution < 1.29 is 0 Å². The zero-order valence-electron chi connectivity index (χ0n) is 11.9. The first-order valence-electron chi connectivity index (χ1n) is 6.59. The standard InChI is InChI=1S/C17H21NSi/c1-19(2,3)17-12-8-15(9-13-17)5-4-14-6-10-16(18)11-7-14/h4-13H,18H2,1-3H3. The SMILES string of the molecule is C[Si](C)(C)c1ccc(C=Cc2ccc(N)cc2)cc1. The third kappa shape index (κ3) is 3.83. The van der Waals surface area contributed by atoms with Gasteiger partial charge in [-0.2, -0.15) is 0 Å². The van der Waals surface area contributed by atoms with Gasteiger partial charge in [0.15, 0.2) is 0 Å². The van der Waals surface area contributed by atoms with E-state index in [2.05, 4.69) is 56.1 Å². The molecule has 2 rings (SSSR count). The van der Waals surface area contributed by atoms with Crippen LogP contribution >= 0.6 is 0 Å². The van der Waals surface area contributed by atoms with E-state index in [1.165, 1.54) is 16.3 Å². The second-order valence-corrected chi connectivity index (χ2v) is 10.9. The molecule has 0 fully saturated rings. The van der Waals surface area contributed by atoms with Crippen LogP contribution in [0.15, 0.2) is 48.5 Å². The number of anilines is 1. The minimum Gasteiger partial charge on any atom is -0.399 e. The molecule has 0 saturated carbocycles. The zero-order chi connectivity index (χ0) is 13.9. The summed E-state index contributed by atoms with van der Waals surface area (Å²) in [4.78, 5) is 0. The smallest absolute Gasteiger partial charge is 0.0775 e. The molecule has 0 unspecified atom stereocenters. The van der Waals surface area contributed by atoms with Crippen molar-refractivity contribution in [2.75, 3.05) is 5.73 Å². The fourth-order valence-corrected chi connectivity index (χ4v) is 3.06. The first kappa shape index (κ1) is 13.6. The number of nitrogens with two attached hydrogens (primary N) is 1. The normalized spacial score (nSPS) is 11.9. The first-order valence-corrected chi connectivity index (χ1v) is 10.1. The molecule has 1 nitrogen and oxygen atoms in total. The van der Waals surface area contributed by atoms with Crippen molar-refractivity contribution in [3.63, 3.8) is 0 Å². The quantitative estimate of drug-likeness (QED) is 0.508. The summed E-state index contributed by atoms with van der Waals surface area (Å²) in [6.45, 7) is 7.10. The molecule has 98 valence electrons. The third-order valence-electron chi connectivity index (χ3n) is 3.18. The van der Waals surface area contributed by atoms with E-state index in [1.807, 2.05) is 24.3 Å². The van der Waals surface area contributed by atoms with Crippen LogP contribution in [0, 0.1) is 0 Å². The average molecular weight is 267 g/mol. The molecular formula is C17H21NSi. The van der Waals surface area contributed by atoms with Gasteiger partial charge in [-0.15, -0.1) is 0 Å². The van der Waals surface area contributed by atoms with Gasteiger partial charge in [0, 0.05) is 5.69 Å². The van der Waals surface area contributed by atoms with Crippen LogP contribution in [0.3, 0.4) is 0 Å². The third-order valence-corrected chi connectivity index (χ3v) is 5.25. The summed E-state index contributed by atoms with van der Waals surface area (Å²) in [5, 5.41) is 1.50. The molecule has 0 spiro atoms. The van der Waals surface area contributed by atoms with Crippen LogP contribution in [0.5, 0.6) is 0 Å². The Kier molecular flexibility index (Phi) is 3.91. The van der Waals surface area contributed by atoms with Crippen molar-refractivity contribution in [2.24, 2.45) is 0 Å². The molecule has 0 bridgehead atoms. The number of rotatable bonds is 3. The second-order valence-electron chi connectivity index (χ2n) is 5.87. The van der Waals surface area contributed by atoms with Gasteiger partial charge in [0.25, 0.3) is 0 Å². The summed E-state index contributed by atoms with van der Waals surface area (Å²) in [5.74, 6) is 0. The number of benzene rings is 2. The highest BCUT2D eigenvalue weighted by Gasteiger charge is 2.15. The van der Waals surface area contributed by atoms with Crippen LogP contribution in [0.25, 0.3) is 12.2 Å². The monoisotopic (exact) mass is 267 g/mol. The predicted octanol–water partition coefficient (Wildman–Crippen LogP) is 3.98. The van der Waals surface area contributed by atoms with E-state index in [4.69, 9.17) is 5.73 Å². The van der Waals surface area contributed by atoms with E-state index in [-0.39, 0.29) is 0 Å². The largest absolute Gasteiger partial charge is 0.399 e. The summed E-state index contributed by atoms with van der Waals surface area (Å²) in [7, 11) is -1.19. The minimum absolute atomic E-state index is 0.802. The van der Waals surface area contributed by atoms with Gasteiger partial charge < -0.3 is 5.73 Å². The maximum Gasteiger partial charge on any atom is 0.0775 e. The van der Waals surface area contributed by atoms with Crippen LogP contribution in [0.1, 0.15) is 11.1 Å². The summed E-state index contributed by atoms with van der Waals surface area (Å²) in [5.41, 5.74) is 8.88. The highest BCUT2D eigenvalue weighted by Crippen LogP contribution is 2.11. The minimum atomic E-state index is -1.19. The van der Waals surface area contributed by atoms with Crippen molar-refractivity contribution in [3.05, 3.63) is 59.7 Å². The molecule has 0 heterocycles. The highest BCUT2D eigenvalue weighted by molar-refractivity contribution is 6.88. The molecular weight excluding hydrogens is 246 g/mol. The summed E-state index contributed by atoms with van der Waals surface area (Å²) >= 11 is 0. The molecule has 2 N–H and O–H groups in total. The molecule has 0 aliphatic heterocycles. The number of hydrogen-bond acceptors (Lipinski definition) is 1. The Morgan fingerprint density at radius 2 is 1.16 bits per heavy atom. The molecule has 2 aromatic rings. The van der Waals surface area contributed by atoms with Crippen LogP contribution in [-0.2, 0) is 0 Å². The lowest BCUT2D eigenvalue weighted by Gasteiger charge is -2.16. The van der Waals surface area contributed by atoms with Crippen LogP contribution in [0.4, 0.5) is 5.69 Å². The van der Waals surface area contributed by atoms with E-state index in [0.29, 0.717) is 0 Å². The van der Waals surface area contributed by atoms with Crippen LogP contribution in [0.2, 0.25) is 19.6 Å². The Morgan fingerprint density at radius 3 is 1.58 bits per heavy atom. The van der Waals surface area contributed by atoms with Crippen molar-refractivity contribution in [1.82, 2.24) is 0 Å². The molecule has 2 heteroatoms. The Balaban J connectivity index is 2.13. The lowest BCUT2D eigenvalue weighted by atomic mass is 10.1. The van der Waals surface area contributed by atoms with Gasteiger partial charge in [0.05, 0.1) is 8.07 Å². The molecule has 0 aliphatic rings. The zero-order valence-corrected chi connectivity index (χ0v) is 12.9. The molecule has 0 aromatic heterocycles. The number of hydrogen-bond donors (Lipinski definition) is 1. The van der Waals surface area contributed by atoms with Gasteiger partial charge in [-0.05, 0) is 23.3 Å². The van der Waals surface area contributed by atoms with E-state index in [1.54, 1.807) is 0 Å². The van der Waals surface area contributed by atoms with Gasteiger partial charge in [-0.3, -0.25) is 0 Å². The molecule has 0 aliphatic carbocycles. The van der Waals surface area contributed by atoms with Crippen molar-refractivity contribution >= 4 is 31.1 Å². The van der Waals surface area contributed by atoms with Crippen molar-refractivity contribution in [3.8, 4) is 0 Å². The Hall–Kier alpha value is -1.80. The molecule has 19 heavy (non-hydrogen) atoms. The topological polar surface area (TPSA) is 26.0 Å². The fourth-order valence-electron chi connectivity index (χ4n) is 1.89. The average Bonchev–Trinajstić information content (AvgIpc) is 2.37. The van der Waals surface area contributed by atoms with E-state index in [9.17, 15) is 0 Å². The fraction of sp³-hybridized carbons (Fsp3) is 0.176. The van der Waals surface area contributed by atoms with Gasteiger partial charge >= 0.3 is 0 Å². The molecule has 0 radical (unpaired) electrons. The summed E-state index contributed by atoms with van der Waals surface area (Å²) in [6, 6.07) is 16.8. The number of nitrogen functional groups attached to an aromatic ring is 1. The van der Waals surface area contributed by atoms with E-state index < -0.39 is 8.07 Å². The van der Waals surface area contributed by atoms with Crippen molar-refractivity contribution in [2.45, 2.75) is 19.6 Å². The molecule has 0 amide bonds. The predicted molar refractivity (Wildman–Crippen MR) is 89.2 cm³/mol. The molecule has 0 saturated heterocycles. The molecule has 2 aromatic carbocycles. The lowest BCUT2D eigenvalue weighted by molar-refractivity contribution is 1.63. The lowest BCUT2D eigenvalue weighted by Crippen LogP contribution is -2.37. The summed E-state index contributed by atoms with van der Waals surface area (Å²) in [6.07, 6.45) is 4.25. The maximum atomic E-state index is 5.67. The second kappa shape index (κ2) is 5.45.